The van der Waals surface area contributed by atoms with Crippen molar-refractivity contribution in [2.24, 2.45) is 5.41 Å². The number of amides is 2. The van der Waals surface area contributed by atoms with Gasteiger partial charge < -0.3 is 4.74 Å². The average molecular weight is 314 g/mol. The largest absolute Gasteiger partial charge is 0.381 e. The molecule has 0 aromatic heterocycles. The van der Waals surface area contributed by atoms with E-state index in [2.05, 4.69) is 4.90 Å². The molecule has 122 valence electrons. The summed E-state index contributed by atoms with van der Waals surface area (Å²) in [5, 5.41) is 0. The molecule has 3 saturated heterocycles. The highest BCUT2D eigenvalue weighted by molar-refractivity contribution is 6.05. The molecule has 0 bridgehead atoms. The van der Waals surface area contributed by atoms with Gasteiger partial charge in [0.05, 0.1) is 25.6 Å². The number of likely N-dealkylation sites (tertiary alicyclic amines) is 2. The maximum atomic E-state index is 12.7. The molecular formula is C18H22N2O3. The molecule has 0 radical (unpaired) electrons. The van der Waals surface area contributed by atoms with Crippen molar-refractivity contribution in [1.29, 1.82) is 0 Å². The zero-order chi connectivity index (χ0) is 15.9. The van der Waals surface area contributed by atoms with E-state index in [1.807, 2.05) is 30.3 Å². The van der Waals surface area contributed by atoms with E-state index in [0.717, 1.165) is 44.7 Å². The van der Waals surface area contributed by atoms with Gasteiger partial charge in [-0.2, -0.15) is 0 Å². The summed E-state index contributed by atoms with van der Waals surface area (Å²) in [5.41, 5.74) is 1.22. The summed E-state index contributed by atoms with van der Waals surface area (Å²) in [4.78, 5) is 28.7. The molecule has 0 saturated carbocycles. The first-order valence-corrected chi connectivity index (χ1v) is 8.37. The van der Waals surface area contributed by atoms with Crippen molar-refractivity contribution in [1.82, 2.24) is 9.80 Å². The molecule has 3 aliphatic heterocycles. The summed E-state index contributed by atoms with van der Waals surface area (Å²) in [6.07, 6.45) is 2.47. The summed E-state index contributed by atoms with van der Waals surface area (Å²) in [6.45, 7) is 3.79. The Balaban J connectivity index is 1.45. The number of benzene rings is 1. The first-order valence-electron chi connectivity index (χ1n) is 8.37. The number of hydrogen-bond donors (Lipinski definition) is 0. The molecule has 3 heterocycles. The molecule has 5 heteroatoms. The van der Waals surface area contributed by atoms with Crippen molar-refractivity contribution in [3.8, 4) is 0 Å². The molecule has 0 aliphatic carbocycles. The molecule has 4 rings (SSSR count). The Morgan fingerprint density at radius 2 is 2.00 bits per heavy atom. The van der Waals surface area contributed by atoms with Crippen LogP contribution in [0, 0.1) is 5.41 Å². The third-order valence-electron chi connectivity index (χ3n) is 5.50. The van der Waals surface area contributed by atoms with Gasteiger partial charge in [0.1, 0.15) is 0 Å². The first kappa shape index (κ1) is 14.8. The lowest BCUT2D eigenvalue weighted by atomic mass is 9.87. The smallest absolute Gasteiger partial charge is 0.247 e. The summed E-state index contributed by atoms with van der Waals surface area (Å²) < 4.78 is 5.55. The fourth-order valence-corrected chi connectivity index (χ4v) is 4.09. The van der Waals surface area contributed by atoms with E-state index in [9.17, 15) is 9.59 Å². The molecule has 2 amide bonds. The van der Waals surface area contributed by atoms with Crippen LogP contribution in [0.4, 0.5) is 0 Å². The number of nitrogens with zero attached hydrogens (tertiary/aromatic N) is 2. The molecule has 3 aliphatic rings. The fraction of sp³-hybridized carbons (Fsp3) is 0.556. The summed E-state index contributed by atoms with van der Waals surface area (Å²) >= 11 is 0. The molecule has 1 aromatic carbocycles. The minimum Gasteiger partial charge on any atom is -0.381 e. The second-order valence-corrected chi connectivity index (χ2v) is 7.05. The molecule has 0 N–H and O–H groups in total. The minimum atomic E-state index is -0.272. The highest BCUT2D eigenvalue weighted by atomic mass is 16.5. The van der Waals surface area contributed by atoms with E-state index in [-0.39, 0.29) is 23.3 Å². The molecular weight excluding hydrogens is 292 g/mol. The van der Waals surface area contributed by atoms with Crippen molar-refractivity contribution >= 4 is 11.8 Å². The number of rotatable bonds is 3. The van der Waals surface area contributed by atoms with Crippen molar-refractivity contribution in [3.05, 3.63) is 35.9 Å². The van der Waals surface area contributed by atoms with Gasteiger partial charge in [-0.05, 0) is 24.9 Å². The van der Waals surface area contributed by atoms with E-state index < -0.39 is 0 Å². The van der Waals surface area contributed by atoms with Gasteiger partial charge in [-0.25, -0.2) is 0 Å². The van der Waals surface area contributed by atoms with E-state index >= 15 is 0 Å². The second kappa shape index (κ2) is 5.73. The Bertz CT molecular complexity index is 610. The summed E-state index contributed by atoms with van der Waals surface area (Å²) in [7, 11) is 0. The zero-order valence-electron chi connectivity index (χ0n) is 13.2. The first-order chi connectivity index (χ1) is 11.2. The monoisotopic (exact) mass is 314 g/mol. The quantitative estimate of drug-likeness (QED) is 0.792. The van der Waals surface area contributed by atoms with Gasteiger partial charge in [0.25, 0.3) is 0 Å². The Morgan fingerprint density at radius 3 is 2.74 bits per heavy atom. The SMILES string of the molecule is O=C1CC(N2CCC3(CCOC3)C2)C(=O)N1Cc1ccccc1. The summed E-state index contributed by atoms with van der Waals surface area (Å²) in [5.74, 6) is -0.0812. The van der Waals surface area contributed by atoms with Crippen LogP contribution in [0.15, 0.2) is 30.3 Å². The number of hydrogen-bond acceptors (Lipinski definition) is 4. The van der Waals surface area contributed by atoms with E-state index in [4.69, 9.17) is 4.74 Å². The van der Waals surface area contributed by atoms with Gasteiger partial charge in [0, 0.05) is 18.6 Å². The van der Waals surface area contributed by atoms with Crippen LogP contribution in [0.25, 0.3) is 0 Å². The predicted octanol–water partition coefficient (Wildman–Crippen LogP) is 1.43. The predicted molar refractivity (Wildman–Crippen MR) is 84.5 cm³/mol. The minimum absolute atomic E-state index is 0.0326. The average Bonchev–Trinajstić information content (AvgIpc) is 3.26. The Kier molecular flexibility index (Phi) is 3.70. The van der Waals surface area contributed by atoms with Gasteiger partial charge in [-0.1, -0.05) is 30.3 Å². The second-order valence-electron chi connectivity index (χ2n) is 7.05. The van der Waals surface area contributed by atoms with Crippen LogP contribution in [0.1, 0.15) is 24.8 Å². The van der Waals surface area contributed by atoms with Crippen LogP contribution in [-0.4, -0.2) is 54.0 Å². The van der Waals surface area contributed by atoms with Crippen LogP contribution in [-0.2, 0) is 20.9 Å². The topological polar surface area (TPSA) is 49.9 Å². The van der Waals surface area contributed by atoms with Crippen LogP contribution in [0.5, 0.6) is 0 Å². The third-order valence-corrected chi connectivity index (χ3v) is 5.50. The molecule has 5 nitrogen and oxygen atoms in total. The van der Waals surface area contributed by atoms with Crippen molar-refractivity contribution in [2.45, 2.75) is 31.8 Å². The Morgan fingerprint density at radius 1 is 1.17 bits per heavy atom. The summed E-state index contributed by atoms with van der Waals surface area (Å²) in [6, 6.07) is 9.44. The van der Waals surface area contributed by atoms with Gasteiger partial charge in [-0.15, -0.1) is 0 Å². The van der Waals surface area contributed by atoms with Gasteiger partial charge >= 0.3 is 0 Å². The Hall–Kier alpha value is -1.72. The van der Waals surface area contributed by atoms with Gasteiger partial charge in [0.15, 0.2) is 0 Å². The highest BCUT2D eigenvalue weighted by Crippen LogP contribution is 2.40. The lowest BCUT2D eigenvalue weighted by molar-refractivity contribution is -0.140. The van der Waals surface area contributed by atoms with Gasteiger partial charge in [-0.3, -0.25) is 19.4 Å². The third kappa shape index (κ3) is 2.68. The van der Waals surface area contributed by atoms with Crippen LogP contribution in [0.2, 0.25) is 0 Å². The molecule has 23 heavy (non-hydrogen) atoms. The molecule has 1 spiro atoms. The maximum absolute atomic E-state index is 12.7. The molecule has 2 unspecified atom stereocenters. The molecule has 3 fully saturated rings. The molecule has 1 aromatic rings. The van der Waals surface area contributed by atoms with Crippen molar-refractivity contribution in [3.63, 3.8) is 0 Å². The standard InChI is InChI=1S/C18H22N2O3/c21-16-10-15(19-8-6-18(12-19)7-9-23-13-18)17(22)20(16)11-14-4-2-1-3-5-14/h1-5,15H,6-13H2. The number of imide groups is 1. The van der Waals surface area contributed by atoms with Crippen molar-refractivity contribution in [2.75, 3.05) is 26.3 Å². The Labute approximate surface area is 136 Å². The molecule has 2 atom stereocenters. The van der Waals surface area contributed by atoms with E-state index in [0.29, 0.717) is 13.0 Å². The lowest BCUT2D eigenvalue weighted by Gasteiger charge is -2.25. The number of carbonyl (C=O) groups excluding carboxylic acids is 2. The van der Waals surface area contributed by atoms with Crippen molar-refractivity contribution < 1.29 is 14.3 Å². The maximum Gasteiger partial charge on any atom is 0.247 e. The normalized spacial score (nSPS) is 31.7. The van der Waals surface area contributed by atoms with Gasteiger partial charge in [0.2, 0.25) is 11.8 Å². The lowest BCUT2D eigenvalue weighted by Crippen LogP contribution is -2.41. The van der Waals surface area contributed by atoms with E-state index in [1.165, 1.54) is 4.90 Å². The van der Waals surface area contributed by atoms with Crippen LogP contribution >= 0.6 is 0 Å². The highest BCUT2D eigenvalue weighted by Gasteiger charge is 2.48. The van der Waals surface area contributed by atoms with E-state index in [1.54, 1.807) is 0 Å². The number of carbonyl (C=O) groups is 2. The van der Waals surface area contributed by atoms with Crippen LogP contribution < -0.4 is 0 Å². The zero-order valence-corrected chi connectivity index (χ0v) is 13.2. The van der Waals surface area contributed by atoms with Crippen LogP contribution in [0.3, 0.4) is 0 Å². The fourth-order valence-electron chi connectivity index (χ4n) is 4.09. The number of ether oxygens (including phenoxy) is 1.